The normalized spacial score (nSPS) is 31.5. The molecule has 3 unspecified atom stereocenters. The molecule has 2 rings (SSSR count). The molecule has 0 aromatic carbocycles. The molecule has 82 valence electrons. The maximum Gasteiger partial charge on any atom is 0.0406 e. The molecular formula is C13H20N2. The van der Waals surface area contributed by atoms with Crippen LogP contribution in [0.5, 0.6) is 0 Å². The SMILES string of the molecule is CC1CCC(N)C(Cc2ccccn2)C1. The molecular weight excluding hydrogens is 184 g/mol. The van der Waals surface area contributed by atoms with Crippen molar-refractivity contribution in [1.82, 2.24) is 4.98 Å². The van der Waals surface area contributed by atoms with Crippen LogP contribution in [-0.2, 0) is 6.42 Å². The number of hydrogen-bond acceptors (Lipinski definition) is 2. The summed E-state index contributed by atoms with van der Waals surface area (Å²) in [6, 6.07) is 6.50. The fraction of sp³-hybridized carbons (Fsp3) is 0.615. The Morgan fingerprint density at radius 3 is 3.00 bits per heavy atom. The molecule has 0 spiro atoms. The van der Waals surface area contributed by atoms with Crippen LogP contribution in [0.1, 0.15) is 31.9 Å². The Hall–Kier alpha value is -0.890. The quantitative estimate of drug-likeness (QED) is 0.803. The lowest BCUT2D eigenvalue weighted by Crippen LogP contribution is -2.36. The van der Waals surface area contributed by atoms with Gasteiger partial charge in [0.05, 0.1) is 0 Å². The second-order valence-corrected chi connectivity index (χ2v) is 4.87. The van der Waals surface area contributed by atoms with Crippen LogP contribution in [0.3, 0.4) is 0 Å². The number of pyridine rings is 1. The summed E-state index contributed by atoms with van der Waals surface area (Å²) in [5.41, 5.74) is 7.35. The zero-order valence-electron chi connectivity index (χ0n) is 9.39. The lowest BCUT2D eigenvalue weighted by atomic mass is 9.77. The summed E-state index contributed by atoms with van der Waals surface area (Å²) < 4.78 is 0. The van der Waals surface area contributed by atoms with Gasteiger partial charge in [0.15, 0.2) is 0 Å². The first-order valence-corrected chi connectivity index (χ1v) is 5.91. The van der Waals surface area contributed by atoms with E-state index in [9.17, 15) is 0 Å². The van der Waals surface area contributed by atoms with Gasteiger partial charge in [-0.15, -0.1) is 0 Å². The summed E-state index contributed by atoms with van der Waals surface area (Å²) in [5, 5.41) is 0. The summed E-state index contributed by atoms with van der Waals surface area (Å²) in [5.74, 6) is 1.46. The number of nitrogens with two attached hydrogens (primary N) is 1. The number of hydrogen-bond donors (Lipinski definition) is 1. The van der Waals surface area contributed by atoms with Crippen molar-refractivity contribution in [2.75, 3.05) is 0 Å². The molecule has 0 bridgehead atoms. The minimum atomic E-state index is 0.378. The Balaban J connectivity index is 1.98. The minimum absolute atomic E-state index is 0.378. The van der Waals surface area contributed by atoms with Gasteiger partial charge >= 0.3 is 0 Å². The lowest BCUT2D eigenvalue weighted by molar-refractivity contribution is 0.243. The van der Waals surface area contributed by atoms with E-state index in [0.717, 1.165) is 12.3 Å². The third kappa shape index (κ3) is 2.78. The largest absolute Gasteiger partial charge is 0.327 e. The molecule has 0 aliphatic heterocycles. The molecule has 2 nitrogen and oxygen atoms in total. The van der Waals surface area contributed by atoms with Crippen LogP contribution >= 0.6 is 0 Å². The van der Waals surface area contributed by atoms with Crippen LogP contribution in [0.25, 0.3) is 0 Å². The average Bonchev–Trinajstić information content (AvgIpc) is 2.25. The van der Waals surface area contributed by atoms with Crippen LogP contribution < -0.4 is 5.73 Å². The number of nitrogens with zero attached hydrogens (tertiary/aromatic N) is 1. The van der Waals surface area contributed by atoms with Gasteiger partial charge in [0, 0.05) is 17.9 Å². The van der Waals surface area contributed by atoms with Crippen molar-refractivity contribution >= 4 is 0 Å². The van der Waals surface area contributed by atoms with Gasteiger partial charge in [-0.3, -0.25) is 4.98 Å². The van der Waals surface area contributed by atoms with Crippen molar-refractivity contribution in [1.29, 1.82) is 0 Å². The van der Waals surface area contributed by atoms with Crippen LogP contribution in [0, 0.1) is 11.8 Å². The standard InChI is InChI=1S/C13H20N2/c1-10-5-6-13(14)11(8-10)9-12-4-2-3-7-15-12/h2-4,7,10-11,13H,5-6,8-9,14H2,1H3. The molecule has 1 aromatic rings. The van der Waals surface area contributed by atoms with Crippen molar-refractivity contribution in [3.05, 3.63) is 30.1 Å². The smallest absolute Gasteiger partial charge is 0.0406 e. The highest BCUT2D eigenvalue weighted by Crippen LogP contribution is 2.29. The van der Waals surface area contributed by atoms with Gasteiger partial charge in [0.25, 0.3) is 0 Å². The van der Waals surface area contributed by atoms with Gasteiger partial charge < -0.3 is 5.73 Å². The average molecular weight is 204 g/mol. The first-order chi connectivity index (χ1) is 7.25. The van der Waals surface area contributed by atoms with Crippen LogP contribution in [0.15, 0.2) is 24.4 Å². The highest BCUT2D eigenvalue weighted by molar-refractivity contribution is 5.05. The molecule has 1 aliphatic rings. The monoisotopic (exact) mass is 204 g/mol. The summed E-state index contributed by atoms with van der Waals surface area (Å²) in [4.78, 5) is 4.38. The van der Waals surface area contributed by atoms with Gasteiger partial charge in [-0.1, -0.05) is 13.0 Å². The fourth-order valence-electron chi connectivity index (χ4n) is 2.54. The molecule has 0 radical (unpaired) electrons. The number of rotatable bonds is 2. The number of aromatic nitrogens is 1. The summed E-state index contributed by atoms with van der Waals surface area (Å²) >= 11 is 0. The Morgan fingerprint density at radius 2 is 2.27 bits per heavy atom. The first-order valence-electron chi connectivity index (χ1n) is 5.91. The highest BCUT2D eigenvalue weighted by Gasteiger charge is 2.26. The predicted octanol–water partition coefficient (Wildman–Crippen LogP) is 2.39. The Labute approximate surface area is 91.9 Å². The molecule has 1 heterocycles. The first kappa shape index (κ1) is 10.6. The van der Waals surface area contributed by atoms with Crippen molar-refractivity contribution < 1.29 is 0 Å². The molecule has 0 saturated heterocycles. The van der Waals surface area contributed by atoms with Crippen molar-refractivity contribution in [2.45, 2.75) is 38.6 Å². The third-order valence-electron chi connectivity index (χ3n) is 3.50. The van der Waals surface area contributed by atoms with Gasteiger partial charge in [-0.2, -0.15) is 0 Å². The second-order valence-electron chi connectivity index (χ2n) is 4.87. The van der Waals surface area contributed by atoms with Crippen molar-refractivity contribution in [3.8, 4) is 0 Å². The molecule has 1 saturated carbocycles. The fourth-order valence-corrected chi connectivity index (χ4v) is 2.54. The van der Waals surface area contributed by atoms with Crippen molar-refractivity contribution in [3.63, 3.8) is 0 Å². The molecule has 1 aliphatic carbocycles. The molecule has 2 N–H and O–H groups in total. The van der Waals surface area contributed by atoms with Crippen molar-refractivity contribution in [2.24, 2.45) is 17.6 Å². The van der Waals surface area contributed by atoms with E-state index in [1.54, 1.807) is 0 Å². The topological polar surface area (TPSA) is 38.9 Å². The molecule has 1 fully saturated rings. The summed E-state index contributed by atoms with van der Waals surface area (Å²) in [7, 11) is 0. The minimum Gasteiger partial charge on any atom is -0.327 e. The van der Waals surface area contributed by atoms with E-state index in [1.165, 1.54) is 25.0 Å². The maximum absolute atomic E-state index is 6.16. The Bertz CT molecular complexity index is 297. The third-order valence-corrected chi connectivity index (χ3v) is 3.50. The van der Waals surface area contributed by atoms with Crippen LogP contribution in [0.2, 0.25) is 0 Å². The molecule has 3 atom stereocenters. The van der Waals surface area contributed by atoms with E-state index < -0.39 is 0 Å². The van der Waals surface area contributed by atoms with Crippen LogP contribution in [0.4, 0.5) is 0 Å². The van der Waals surface area contributed by atoms with Gasteiger partial charge in [0.2, 0.25) is 0 Å². The zero-order chi connectivity index (χ0) is 10.7. The predicted molar refractivity (Wildman–Crippen MR) is 62.4 cm³/mol. The van der Waals surface area contributed by atoms with E-state index in [4.69, 9.17) is 5.73 Å². The Kier molecular flexibility index (Phi) is 3.37. The summed E-state index contributed by atoms with van der Waals surface area (Å²) in [6.45, 7) is 2.33. The lowest BCUT2D eigenvalue weighted by Gasteiger charge is -2.32. The molecule has 2 heteroatoms. The summed E-state index contributed by atoms with van der Waals surface area (Å²) in [6.07, 6.45) is 6.65. The van der Waals surface area contributed by atoms with E-state index in [2.05, 4.69) is 24.0 Å². The van der Waals surface area contributed by atoms with Gasteiger partial charge in [0.1, 0.15) is 0 Å². The molecule has 0 amide bonds. The molecule has 15 heavy (non-hydrogen) atoms. The van der Waals surface area contributed by atoms with E-state index in [-0.39, 0.29) is 0 Å². The highest BCUT2D eigenvalue weighted by atomic mass is 14.7. The van der Waals surface area contributed by atoms with E-state index >= 15 is 0 Å². The molecule has 1 aromatic heterocycles. The maximum atomic E-state index is 6.16. The zero-order valence-corrected chi connectivity index (χ0v) is 9.39. The second kappa shape index (κ2) is 4.75. The van der Waals surface area contributed by atoms with Crippen LogP contribution in [-0.4, -0.2) is 11.0 Å². The van der Waals surface area contributed by atoms with Gasteiger partial charge in [-0.05, 0) is 49.7 Å². The van der Waals surface area contributed by atoms with Gasteiger partial charge in [-0.25, -0.2) is 0 Å². The van der Waals surface area contributed by atoms with E-state index in [0.29, 0.717) is 12.0 Å². The Morgan fingerprint density at radius 1 is 1.40 bits per heavy atom. The van der Waals surface area contributed by atoms with E-state index in [1.807, 2.05) is 12.3 Å².